The molecule has 20 heavy (non-hydrogen) atoms. The summed E-state index contributed by atoms with van der Waals surface area (Å²) < 4.78 is 0. The minimum Gasteiger partial charge on any atom is -0.298 e. The lowest BCUT2D eigenvalue weighted by atomic mass is 9.70. The summed E-state index contributed by atoms with van der Waals surface area (Å²) >= 11 is 0. The van der Waals surface area contributed by atoms with Crippen molar-refractivity contribution in [3.63, 3.8) is 0 Å². The standard InChI is InChI=1S/C19H30O/c1-3-17(15-11-7-5-8-12-15)19(20)18(4-2)16-13-9-6-10-14-16/h3-4,15-18H,1-2,5-14H2. The van der Waals surface area contributed by atoms with E-state index < -0.39 is 0 Å². The molecule has 2 unspecified atom stereocenters. The Kier molecular flexibility index (Phi) is 6.06. The molecular formula is C19H30O. The molecule has 2 rings (SSSR count). The first-order valence-electron chi connectivity index (χ1n) is 8.56. The van der Waals surface area contributed by atoms with E-state index in [9.17, 15) is 4.79 Å². The third-order valence-corrected chi connectivity index (χ3v) is 5.48. The highest BCUT2D eigenvalue weighted by Crippen LogP contribution is 2.37. The third-order valence-electron chi connectivity index (χ3n) is 5.48. The van der Waals surface area contributed by atoms with Crippen LogP contribution in [0.5, 0.6) is 0 Å². The fraction of sp³-hybridized carbons (Fsp3) is 0.737. The number of Topliss-reactive ketones (excluding diaryl/α,β-unsaturated/α-hetero) is 1. The minimum absolute atomic E-state index is 0.0697. The van der Waals surface area contributed by atoms with Crippen LogP contribution in [0.25, 0.3) is 0 Å². The summed E-state index contributed by atoms with van der Waals surface area (Å²) in [4.78, 5) is 13.0. The summed E-state index contributed by atoms with van der Waals surface area (Å²) in [6, 6.07) is 0. The van der Waals surface area contributed by atoms with Crippen LogP contribution in [0.4, 0.5) is 0 Å². The Bertz CT molecular complexity index is 300. The van der Waals surface area contributed by atoms with Gasteiger partial charge in [0, 0.05) is 11.8 Å². The molecule has 0 spiro atoms. The maximum Gasteiger partial charge on any atom is 0.147 e. The average Bonchev–Trinajstić information content (AvgIpc) is 2.51. The number of hydrogen-bond donors (Lipinski definition) is 0. The van der Waals surface area contributed by atoms with Crippen molar-refractivity contribution in [3.05, 3.63) is 25.3 Å². The van der Waals surface area contributed by atoms with Crippen LogP contribution in [0, 0.1) is 23.7 Å². The molecule has 112 valence electrons. The van der Waals surface area contributed by atoms with Crippen molar-refractivity contribution in [2.75, 3.05) is 0 Å². The van der Waals surface area contributed by atoms with E-state index in [1.165, 1.54) is 64.2 Å². The van der Waals surface area contributed by atoms with Crippen molar-refractivity contribution >= 4 is 5.78 Å². The van der Waals surface area contributed by atoms with E-state index in [-0.39, 0.29) is 11.8 Å². The number of rotatable bonds is 6. The number of hydrogen-bond acceptors (Lipinski definition) is 1. The van der Waals surface area contributed by atoms with Crippen LogP contribution in [0.2, 0.25) is 0 Å². The van der Waals surface area contributed by atoms with Gasteiger partial charge < -0.3 is 0 Å². The quantitative estimate of drug-likeness (QED) is 0.599. The average molecular weight is 274 g/mol. The molecule has 0 aromatic carbocycles. The second-order valence-electron chi connectivity index (χ2n) is 6.72. The molecule has 0 saturated heterocycles. The number of carbonyl (C=O) groups is 1. The van der Waals surface area contributed by atoms with Gasteiger partial charge in [-0.1, -0.05) is 50.7 Å². The molecule has 2 aliphatic rings. The first-order valence-corrected chi connectivity index (χ1v) is 8.56. The molecule has 0 aromatic heterocycles. The van der Waals surface area contributed by atoms with E-state index in [0.717, 1.165) is 0 Å². The molecule has 0 N–H and O–H groups in total. The predicted molar refractivity (Wildman–Crippen MR) is 85.5 cm³/mol. The van der Waals surface area contributed by atoms with Gasteiger partial charge in [0.2, 0.25) is 0 Å². The van der Waals surface area contributed by atoms with Gasteiger partial charge in [-0.3, -0.25) is 4.79 Å². The van der Waals surface area contributed by atoms with Crippen LogP contribution in [0.1, 0.15) is 64.2 Å². The zero-order valence-electron chi connectivity index (χ0n) is 12.9. The van der Waals surface area contributed by atoms with Gasteiger partial charge in [-0.15, -0.1) is 13.2 Å². The second kappa shape index (κ2) is 7.81. The van der Waals surface area contributed by atoms with Crippen LogP contribution < -0.4 is 0 Å². The molecule has 2 aliphatic carbocycles. The molecule has 0 radical (unpaired) electrons. The molecule has 1 nitrogen and oxygen atoms in total. The fourth-order valence-electron chi connectivity index (χ4n) is 4.29. The molecule has 0 heterocycles. The van der Waals surface area contributed by atoms with Crippen molar-refractivity contribution in [3.8, 4) is 0 Å². The maximum atomic E-state index is 13.0. The zero-order chi connectivity index (χ0) is 14.4. The first kappa shape index (κ1) is 15.5. The molecule has 2 fully saturated rings. The zero-order valence-corrected chi connectivity index (χ0v) is 12.9. The summed E-state index contributed by atoms with van der Waals surface area (Å²) in [7, 11) is 0. The summed E-state index contributed by atoms with van der Waals surface area (Å²) in [6.45, 7) is 7.93. The molecule has 0 amide bonds. The van der Waals surface area contributed by atoms with Crippen molar-refractivity contribution in [2.24, 2.45) is 23.7 Å². The SMILES string of the molecule is C=CC(C(=O)C(C=C)C1CCCCC1)C1CCCCC1. The third kappa shape index (κ3) is 3.62. The topological polar surface area (TPSA) is 17.1 Å². The summed E-state index contributed by atoms with van der Waals surface area (Å²) in [6.07, 6.45) is 16.5. The van der Waals surface area contributed by atoms with Gasteiger partial charge in [0.05, 0.1) is 0 Å². The molecule has 2 saturated carbocycles. The first-order chi connectivity index (χ1) is 9.77. The monoisotopic (exact) mass is 274 g/mol. The van der Waals surface area contributed by atoms with Crippen molar-refractivity contribution in [2.45, 2.75) is 64.2 Å². The molecule has 2 atom stereocenters. The summed E-state index contributed by atoms with van der Waals surface area (Å²) in [5, 5.41) is 0. The maximum absolute atomic E-state index is 13.0. The predicted octanol–water partition coefficient (Wildman–Crippen LogP) is 5.32. The van der Waals surface area contributed by atoms with Crippen LogP contribution >= 0.6 is 0 Å². The van der Waals surface area contributed by atoms with Crippen LogP contribution in [0.15, 0.2) is 25.3 Å². The molecule has 0 bridgehead atoms. The minimum atomic E-state index is 0.0697. The normalized spacial score (nSPS) is 24.8. The Morgan fingerprint density at radius 2 is 1.10 bits per heavy atom. The smallest absolute Gasteiger partial charge is 0.147 e. The van der Waals surface area contributed by atoms with E-state index in [1.807, 2.05) is 12.2 Å². The van der Waals surface area contributed by atoms with E-state index in [4.69, 9.17) is 0 Å². The highest BCUT2D eigenvalue weighted by atomic mass is 16.1. The molecule has 0 aromatic rings. The van der Waals surface area contributed by atoms with Gasteiger partial charge in [0.1, 0.15) is 5.78 Å². The lowest BCUT2D eigenvalue weighted by Gasteiger charge is -2.33. The number of carbonyl (C=O) groups excluding carboxylic acids is 1. The fourth-order valence-corrected chi connectivity index (χ4v) is 4.29. The Hall–Kier alpha value is -0.850. The Morgan fingerprint density at radius 3 is 1.40 bits per heavy atom. The van der Waals surface area contributed by atoms with E-state index in [1.54, 1.807) is 0 Å². The van der Waals surface area contributed by atoms with Gasteiger partial charge in [0.15, 0.2) is 0 Å². The molecule has 1 heteroatoms. The van der Waals surface area contributed by atoms with Gasteiger partial charge in [0.25, 0.3) is 0 Å². The van der Waals surface area contributed by atoms with Crippen molar-refractivity contribution in [1.82, 2.24) is 0 Å². The Balaban J connectivity index is 2.04. The van der Waals surface area contributed by atoms with E-state index >= 15 is 0 Å². The number of ketones is 1. The van der Waals surface area contributed by atoms with E-state index in [0.29, 0.717) is 17.6 Å². The molecule has 0 aliphatic heterocycles. The van der Waals surface area contributed by atoms with Gasteiger partial charge in [-0.2, -0.15) is 0 Å². The summed E-state index contributed by atoms with van der Waals surface area (Å²) in [5.41, 5.74) is 0. The lowest BCUT2D eigenvalue weighted by Crippen LogP contribution is -2.33. The summed E-state index contributed by atoms with van der Waals surface area (Å²) in [5.74, 6) is 1.63. The van der Waals surface area contributed by atoms with Crippen molar-refractivity contribution < 1.29 is 4.79 Å². The van der Waals surface area contributed by atoms with Gasteiger partial charge in [-0.05, 0) is 37.5 Å². The lowest BCUT2D eigenvalue weighted by molar-refractivity contribution is -0.127. The highest BCUT2D eigenvalue weighted by Gasteiger charge is 2.34. The van der Waals surface area contributed by atoms with Crippen LogP contribution in [-0.2, 0) is 4.79 Å². The van der Waals surface area contributed by atoms with Gasteiger partial charge in [-0.25, -0.2) is 0 Å². The van der Waals surface area contributed by atoms with E-state index in [2.05, 4.69) is 13.2 Å². The Morgan fingerprint density at radius 1 is 0.750 bits per heavy atom. The van der Waals surface area contributed by atoms with Crippen LogP contribution in [0.3, 0.4) is 0 Å². The largest absolute Gasteiger partial charge is 0.298 e. The van der Waals surface area contributed by atoms with Crippen molar-refractivity contribution in [1.29, 1.82) is 0 Å². The van der Waals surface area contributed by atoms with Gasteiger partial charge >= 0.3 is 0 Å². The highest BCUT2D eigenvalue weighted by molar-refractivity contribution is 5.87. The number of allylic oxidation sites excluding steroid dienone is 2. The Labute approximate surface area is 124 Å². The second-order valence-corrected chi connectivity index (χ2v) is 6.72. The molecular weight excluding hydrogens is 244 g/mol. The van der Waals surface area contributed by atoms with Crippen LogP contribution in [-0.4, -0.2) is 5.78 Å².